The standard InChI is InChI=1S/C20H19F5N6O2/c21-17(22)16-14-15(27-8-28-18(14)30-19(32)33-16)11-6-9(20(23,24)25)7-13(29-11)31-5-4-26-10-2-1-3-12(10)31/h6-8,10,12,16-17,26H,1-5H2,(H,27,28,30,32)/t10-,12+,16+/m0/s1. The summed E-state index contributed by atoms with van der Waals surface area (Å²) in [5.74, 6) is -0.153. The van der Waals surface area contributed by atoms with Crippen LogP contribution >= 0.6 is 0 Å². The molecule has 13 heteroatoms. The topological polar surface area (TPSA) is 92.3 Å². The van der Waals surface area contributed by atoms with Crippen molar-refractivity contribution in [3.8, 4) is 11.4 Å². The number of carbonyl (C=O) groups is 1. The third kappa shape index (κ3) is 3.94. The van der Waals surface area contributed by atoms with Gasteiger partial charge in [0.15, 0.2) is 6.10 Å². The van der Waals surface area contributed by atoms with Gasteiger partial charge < -0.3 is 15.0 Å². The predicted molar refractivity (Wildman–Crippen MR) is 106 cm³/mol. The van der Waals surface area contributed by atoms with Crippen LogP contribution in [0.1, 0.15) is 36.5 Å². The maximum Gasteiger partial charge on any atom is 0.416 e. The van der Waals surface area contributed by atoms with E-state index in [9.17, 15) is 26.7 Å². The summed E-state index contributed by atoms with van der Waals surface area (Å²) in [5, 5.41) is 5.58. The molecule has 3 aliphatic rings. The number of hydrogen-bond donors (Lipinski definition) is 2. The van der Waals surface area contributed by atoms with E-state index in [1.807, 2.05) is 4.90 Å². The van der Waals surface area contributed by atoms with Gasteiger partial charge >= 0.3 is 12.3 Å². The Morgan fingerprint density at radius 3 is 2.76 bits per heavy atom. The zero-order chi connectivity index (χ0) is 23.3. The maximum atomic E-state index is 13.8. The van der Waals surface area contributed by atoms with Crippen molar-refractivity contribution in [1.82, 2.24) is 20.3 Å². The summed E-state index contributed by atoms with van der Waals surface area (Å²) < 4.78 is 73.4. The highest BCUT2D eigenvalue weighted by Gasteiger charge is 2.40. The number of hydrogen-bond acceptors (Lipinski definition) is 7. The molecule has 8 nitrogen and oxygen atoms in total. The van der Waals surface area contributed by atoms with Crippen molar-refractivity contribution >= 4 is 17.7 Å². The molecule has 1 amide bonds. The molecule has 4 heterocycles. The van der Waals surface area contributed by atoms with E-state index in [1.54, 1.807) is 0 Å². The van der Waals surface area contributed by atoms with Crippen molar-refractivity contribution in [3.05, 3.63) is 29.6 Å². The molecule has 0 bridgehead atoms. The lowest BCUT2D eigenvalue weighted by molar-refractivity contribution is -0.137. The highest BCUT2D eigenvalue weighted by molar-refractivity contribution is 5.88. The number of fused-ring (bicyclic) bond motifs is 2. The SMILES string of the molecule is O=C1Nc2ncnc(-c3cc(C(F)(F)F)cc(N4CCN[C@H]5CCC[C@H]54)n3)c2[C@H](C(F)F)O1. The molecule has 0 aromatic carbocycles. The van der Waals surface area contributed by atoms with Gasteiger partial charge in [-0.25, -0.2) is 28.5 Å². The van der Waals surface area contributed by atoms with Crippen molar-refractivity contribution in [3.63, 3.8) is 0 Å². The Bertz CT molecular complexity index is 1080. The van der Waals surface area contributed by atoms with Gasteiger partial charge in [-0.2, -0.15) is 13.2 Å². The van der Waals surface area contributed by atoms with Crippen LogP contribution in [0, 0.1) is 0 Å². The molecule has 176 valence electrons. The molecular weight excluding hydrogens is 451 g/mol. The fraction of sp³-hybridized carbons (Fsp3) is 0.500. The predicted octanol–water partition coefficient (Wildman–Crippen LogP) is 3.76. The second kappa shape index (κ2) is 8.04. The minimum atomic E-state index is -4.70. The molecule has 0 spiro atoms. The summed E-state index contributed by atoms with van der Waals surface area (Å²) in [6.45, 7) is 1.04. The number of aromatic nitrogens is 3. The van der Waals surface area contributed by atoms with E-state index in [-0.39, 0.29) is 40.7 Å². The number of piperazine rings is 1. The highest BCUT2D eigenvalue weighted by Crippen LogP contribution is 2.41. The van der Waals surface area contributed by atoms with Crippen molar-refractivity contribution in [1.29, 1.82) is 0 Å². The number of cyclic esters (lactones) is 1. The fourth-order valence-corrected chi connectivity index (χ4v) is 4.77. The van der Waals surface area contributed by atoms with Crippen LogP contribution in [-0.4, -0.2) is 52.6 Å². The molecule has 33 heavy (non-hydrogen) atoms. The number of carbonyl (C=O) groups excluding carboxylic acids is 1. The average molecular weight is 470 g/mol. The van der Waals surface area contributed by atoms with Crippen LogP contribution in [0.4, 0.5) is 38.4 Å². The smallest absolute Gasteiger partial charge is 0.416 e. The number of nitrogens with zero attached hydrogens (tertiary/aromatic N) is 4. The van der Waals surface area contributed by atoms with Gasteiger partial charge in [-0.05, 0) is 31.4 Å². The number of nitrogens with one attached hydrogen (secondary N) is 2. The van der Waals surface area contributed by atoms with Crippen LogP contribution in [0.3, 0.4) is 0 Å². The number of alkyl halides is 5. The molecule has 2 aliphatic heterocycles. The molecule has 1 saturated heterocycles. The fourth-order valence-electron chi connectivity index (χ4n) is 4.77. The van der Waals surface area contributed by atoms with Gasteiger partial charge in [0, 0.05) is 25.2 Å². The van der Waals surface area contributed by atoms with E-state index in [0.29, 0.717) is 13.1 Å². The summed E-state index contributed by atoms with van der Waals surface area (Å²) in [7, 11) is 0. The van der Waals surface area contributed by atoms with E-state index >= 15 is 0 Å². The first-order valence-electron chi connectivity index (χ1n) is 10.4. The van der Waals surface area contributed by atoms with Gasteiger partial charge in [0.1, 0.15) is 23.7 Å². The first-order chi connectivity index (χ1) is 15.7. The van der Waals surface area contributed by atoms with E-state index in [4.69, 9.17) is 0 Å². The molecule has 2 N–H and O–H groups in total. The molecule has 0 unspecified atom stereocenters. The van der Waals surface area contributed by atoms with E-state index in [1.165, 1.54) is 0 Å². The Kier molecular flexibility index (Phi) is 5.30. The Morgan fingerprint density at radius 1 is 1.18 bits per heavy atom. The Balaban J connectivity index is 1.66. The minimum absolute atomic E-state index is 0.0154. The quantitative estimate of drug-likeness (QED) is 0.660. The van der Waals surface area contributed by atoms with Gasteiger partial charge in [-0.15, -0.1) is 0 Å². The number of halogens is 5. The van der Waals surface area contributed by atoms with Crippen LogP contribution in [0.5, 0.6) is 0 Å². The summed E-state index contributed by atoms with van der Waals surface area (Å²) in [6.07, 6.45) is -7.38. The molecule has 2 fully saturated rings. The number of rotatable bonds is 3. The molecule has 2 aromatic heterocycles. The molecule has 0 radical (unpaired) electrons. The van der Waals surface area contributed by atoms with Crippen molar-refractivity contribution in [2.45, 2.75) is 50.1 Å². The highest BCUT2D eigenvalue weighted by atomic mass is 19.4. The van der Waals surface area contributed by atoms with Crippen LogP contribution in [-0.2, 0) is 10.9 Å². The molecule has 5 rings (SSSR count). The molecule has 3 atom stereocenters. The van der Waals surface area contributed by atoms with Crippen LogP contribution in [0.15, 0.2) is 18.5 Å². The average Bonchev–Trinajstić information content (AvgIpc) is 3.26. The third-order valence-electron chi connectivity index (χ3n) is 6.17. The first kappa shape index (κ1) is 21.7. The Morgan fingerprint density at radius 2 is 2.00 bits per heavy atom. The van der Waals surface area contributed by atoms with Gasteiger partial charge in [0.05, 0.1) is 16.8 Å². The lowest BCUT2D eigenvalue weighted by atomic mass is 10.0. The molecule has 1 aliphatic carbocycles. The van der Waals surface area contributed by atoms with Crippen molar-refractivity contribution in [2.24, 2.45) is 0 Å². The summed E-state index contributed by atoms with van der Waals surface area (Å²) >= 11 is 0. The van der Waals surface area contributed by atoms with Gasteiger partial charge in [-0.1, -0.05) is 0 Å². The zero-order valence-electron chi connectivity index (χ0n) is 17.1. The second-order valence-corrected chi connectivity index (χ2v) is 8.12. The number of pyridine rings is 1. The van der Waals surface area contributed by atoms with Crippen molar-refractivity contribution < 1.29 is 31.5 Å². The lowest BCUT2D eigenvalue weighted by Gasteiger charge is -2.39. The van der Waals surface area contributed by atoms with Gasteiger partial charge in [0.2, 0.25) is 0 Å². The monoisotopic (exact) mass is 470 g/mol. The van der Waals surface area contributed by atoms with E-state index in [0.717, 1.165) is 37.7 Å². The van der Waals surface area contributed by atoms with Gasteiger partial charge in [-0.3, -0.25) is 5.32 Å². The third-order valence-corrected chi connectivity index (χ3v) is 6.17. The largest absolute Gasteiger partial charge is 0.435 e. The summed E-state index contributed by atoms with van der Waals surface area (Å²) in [4.78, 5) is 25.6. The first-order valence-corrected chi connectivity index (χ1v) is 10.4. The minimum Gasteiger partial charge on any atom is -0.435 e. The zero-order valence-corrected chi connectivity index (χ0v) is 17.1. The Labute approximate surface area is 184 Å². The van der Waals surface area contributed by atoms with Crippen molar-refractivity contribution in [2.75, 3.05) is 23.3 Å². The summed E-state index contributed by atoms with van der Waals surface area (Å²) in [5.41, 5.74) is -1.80. The second-order valence-electron chi connectivity index (χ2n) is 8.12. The molecule has 1 saturated carbocycles. The van der Waals surface area contributed by atoms with Crippen LogP contribution in [0.25, 0.3) is 11.4 Å². The Hall–Kier alpha value is -3.09. The lowest BCUT2D eigenvalue weighted by Crippen LogP contribution is -2.55. The number of anilines is 2. The maximum absolute atomic E-state index is 13.8. The normalized spacial score (nSPS) is 24.8. The molecular formula is C20H19F5N6O2. The van der Waals surface area contributed by atoms with E-state index in [2.05, 4.69) is 30.3 Å². The number of ether oxygens (including phenoxy) is 1. The summed E-state index contributed by atoms with van der Waals surface area (Å²) in [6, 6.07) is 1.87. The van der Waals surface area contributed by atoms with Gasteiger partial charge in [0.25, 0.3) is 6.43 Å². The molecule has 2 aromatic rings. The number of amides is 1. The van der Waals surface area contributed by atoms with E-state index < -0.39 is 30.4 Å². The van der Waals surface area contributed by atoms with Crippen LogP contribution < -0.4 is 15.5 Å². The van der Waals surface area contributed by atoms with Crippen LogP contribution in [0.2, 0.25) is 0 Å².